The van der Waals surface area contributed by atoms with Crippen molar-refractivity contribution in [1.29, 1.82) is 0 Å². The van der Waals surface area contributed by atoms with Crippen molar-refractivity contribution in [2.75, 3.05) is 32.0 Å². The Labute approximate surface area is 132 Å². The van der Waals surface area contributed by atoms with Gasteiger partial charge >= 0.3 is 0 Å². The number of benzene rings is 1. The molecule has 8 heteroatoms. The summed E-state index contributed by atoms with van der Waals surface area (Å²) in [4.78, 5) is 17.7. The zero-order valence-electron chi connectivity index (χ0n) is 13.0. The van der Waals surface area contributed by atoms with Gasteiger partial charge in [-0.2, -0.15) is 4.98 Å². The molecule has 7 nitrogen and oxygen atoms in total. The highest BCUT2D eigenvalue weighted by molar-refractivity contribution is 5.89. The monoisotopic (exact) mass is 319 g/mol. The van der Waals surface area contributed by atoms with Crippen LogP contribution in [0.15, 0.2) is 22.7 Å². The minimum absolute atomic E-state index is 0.0384. The second-order valence-corrected chi connectivity index (χ2v) is 5.53. The molecule has 0 spiro atoms. The Morgan fingerprint density at radius 3 is 3.09 bits per heavy atom. The Morgan fingerprint density at radius 1 is 1.52 bits per heavy atom. The molecule has 0 aliphatic carbocycles. The van der Waals surface area contributed by atoms with Gasteiger partial charge in [-0.15, -0.1) is 0 Å². The Morgan fingerprint density at radius 2 is 2.35 bits per heavy atom. The number of amides is 1. The first-order valence-electron chi connectivity index (χ1n) is 7.36. The van der Waals surface area contributed by atoms with Crippen LogP contribution >= 0.6 is 0 Å². The van der Waals surface area contributed by atoms with Crippen LogP contribution in [0.3, 0.4) is 0 Å². The van der Waals surface area contributed by atoms with Crippen molar-refractivity contribution >= 4 is 11.6 Å². The number of likely N-dealkylation sites (N-methyl/N-ethyl adjacent to an activating group) is 1. The SMILES string of the molecule is CC(=O)Nc1cc(-c2nc(C3CNCCN3C)no2)ccc1F. The number of piperazine rings is 1. The third-order valence-electron chi connectivity index (χ3n) is 3.77. The van der Waals surface area contributed by atoms with Crippen LogP contribution < -0.4 is 10.6 Å². The summed E-state index contributed by atoms with van der Waals surface area (Å²) in [6.45, 7) is 3.90. The summed E-state index contributed by atoms with van der Waals surface area (Å²) < 4.78 is 19.0. The highest BCUT2D eigenvalue weighted by atomic mass is 19.1. The Hall–Kier alpha value is -2.32. The predicted molar refractivity (Wildman–Crippen MR) is 82.2 cm³/mol. The summed E-state index contributed by atoms with van der Waals surface area (Å²) in [6, 6.07) is 4.33. The van der Waals surface area contributed by atoms with Crippen LogP contribution in [0.2, 0.25) is 0 Å². The third-order valence-corrected chi connectivity index (χ3v) is 3.77. The van der Waals surface area contributed by atoms with Gasteiger partial charge in [-0.1, -0.05) is 5.16 Å². The molecule has 1 amide bonds. The van der Waals surface area contributed by atoms with Crippen LogP contribution in [0.1, 0.15) is 18.8 Å². The quantitative estimate of drug-likeness (QED) is 0.890. The average Bonchev–Trinajstić information content (AvgIpc) is 2.99. The Bertz CT molecular complexity index is 718. The summed E-state index contributed by atoms with van der Waals surface area (Å²) in [5.74, 6) is 0.0211. The van der Waals surface area contributed by atoms with E-state index >= 15 is 0 Å². The summed E-state index contributed by atoms with van der Waals surface area (Å²) in [6.07, 6.45) is 0. The number of hydrogen-bond acceptors (Lipinski definition) is 6. The highest BCUT2D eigenvalue weighted by Crippen LogP contribution is 2.26. The lowest BCUT2D eigenvalue weighted by atomic mass is 10.1. The predicted octanol–water partition coefficient (Wildman–Crippen LogP) is 1.41. The molecule has 1 aromatic carbocycles. The van der Waals surface area contributed by atoms with Crippen LogP contribution in [-0.4, -0.2) is 47.6 Å². The number of halogens is 1. The molecule has 23 heavy (non-hydrogen) atoms. The van der Waals surface area contributed by atoms with Crippen LogP contribution in [-0.2, 0) is 4.79 Å². The van der Waals surface area contributed by atoms with Gasteiger partial charge in [0.25, 0.3) is 5.89 Å². The number of nitrogens with zero attached hydrogens (tertiary/aromatic N) is 3. The van der Waals surface area contributed by atoms with Gasteiger partial charge in [-0.25, -0.2) is 4.39 Å². The van der Waals surface area contributed by atoms with E-state index in [1.165, 1.54) is 19.1 Å². The van der Waals surface area contributed by atoms with E-state index in [1.807, 2.05) is 7.05 Å². The normalized spacial score (nSPS) is 18.8. The van der Waals surface area contributed by atoms with Gasteiger partial charge in [-0.05, 0) is 25.2 Å². The van der Waals surface area contributed by atoms with Gasteiger partial charge in [0.1, 0.15) is 5.82 Å². The van der Waals surface area contributed by atoms with E-state index in [2.05, 4.69) is 25.7 Å². The summed E-state index contributed by atoms with van der Waals surface area (Å²) in [5.41, 5.74) is 0.645. The molecule has 122 valence electrons. The second-order valence-electron chi connectivity index (χ2n) is 5.53. The summed E-state index contributed by atoms with van der Waals surface area (Å²) in [5, 5.41) is 9.76. The molecule has 2 aromatic rings. The maximum absolute atomic E-state index is 13.7. The molecule has 1 unspecified atom stereocenters. The summed E-state index contributed by atoms with van der Waals surface area (Å²) >= 11 is 0. The number of carbonyl (C=O) groups excluding carboxylic acids is 1. The number of aromatic nitrogens is 2. The maximum Gasteiger partial charge on any atom is 0.258 e. The zero-order chi connectivity index (χ0) is 16.4. The van der Waals surface area contributed by atoms with E-state index in [0.717, 1.165) is 19.6 Å². The van der Waals surface area contributed by atoms with Gasteiger partial charge < -0.3 is 15.2 Å². The fourth-order valence-electron chi connectivity index (χ4n) is 2.53. The van der Waals surface area contributed by atoms with Gasteiger partial charge in [-0.3, -0.25) is 9.69 Å². The topological polar surface area (TPSA) is 83.3 Å². The molecular formula is C15H18FN5O2. The number of nitrogens with one attached hydrogen (secondary N) is 2. The van der Waals surface area contributed by atoms with Crippen molar-refractivity contribution in [3.63, 3.8) is 0 Å². The molecule has 0 bridgehead atoms. The molecule has 1 aromatic heterocycles. The van der Waals surface area contributed by atoms with Gasteiger partial charge in [0.2, 0.25) is 5.91 Å². The van der Waals surface area contributed by atoms with Crippen LogP contribution in [0.25, 0.3) is 11.5 Å². The first-order chi connectivity index (χ1) is 11.0. The van der Waals surface area contributed by atoms with Crippen molar-refractivity contribution < 1.29 is 13.7 Å². The van der Waals surface area contributed by atoms with E-state index < -0.39 is 5.82 Å². The van der Waals surface area contributed by atoms with Gasteiger partial charge in [0, 0.05) is 32.1 Å². The van der Waals surface area contributed by atoms with Crippen molar-refractivity contribution in [1.82, 2.24) is 20.4 Å². The molecule has 0 saturated carbocycles. The van der Waals surface area contributed by atoms with Crippen LogP contribution in [0.5, 0.6) is 0 Å². The molecule has 1 aliphatic heterocycles. The first kappa shape index (κ1) is 15.6. The smallest absolute Gasteiger partial charge is 0.258 e. The van der Waals surface area contributed by atoms with E-state index in [1.54, 1.807) is 6.07 Å². The molecule has 1 fully saturated rings. The number of rotatable bonds is 3. The molecule has 1 atom stereocenters. The maximum atomic E-state index is 13.7. The molecule has 2 heterocycles. The van der Waals surface area contributed by atoms with Crippen molar-refractivity contribution in [3.8, 4) is 11.5 Å². The van der Waals surface area contributed by atoms with Crippen molar-refractivity contribution in [2.45, 2.75) is 13.0 Å². The first-order valence-corrected chi connectivity index (χ1v) is 7.36. The molecular weight excluding hydrogens is 301 g/mol. The van der Waals surface area contributed by atoms with E-state index in [0.29, 0.717) is 17.3 Å². The largest absolute Gasteiger partial charge is 0.334 e. The lowest BCUT2D eigenvalue weighted by molar-refractivity contribution is -0.114. The third kappa shape index (κ3) is 3.38. The van der Waals surface area contributed by atoms with E-state index in [-0.39, 0.29) is 17.6 Å². The van der Waals surface area contributed by atoms with Gasteiger partial charge in [0.15, 0.2) is 5.82 Å². The zero-order valence-corrected chi connectivity index (χ0v) is 13.0. The lowest BCUT2D eigenvalue weighted by Crippen LogP contribution is -2.44. The Kier molecular flexibility index (Phi) is 4.35. The molecule has 1 saturated heterocycles. The Balaban J connectivity index is 1.86. The molecule has 1 aliphatic rings. The summed E-state index contributed by atoms with van der Waals surface area (Å²) in [7, 11) is 2.01. The number of hydrogen-bond donors (Lipinski definition) is 2. The number of carbonyl (C=O) groups is 1. The second kappa shape index (κ2) is 6.43. The average molecular weight is 319 g/mol. The van der Waals surface area contributed by atoms with Crippen LogP contribution in [0.4, 0.5) is 10.1 Å². The minimum Gasteiger partial charge on any atom is -0.334 e. The van der Waals surface area contributed by atoms with E-state index in [9.17, 15) is 9.18 Å². The van der Waals surface area contributed by atoms with Gasteiger partial charge in [0.05, 0.1) is 11.7 Å². The van der Waals surface area contributed by atoms with Crippen molar-refractivity contribution in [2.24, 2.45) is 0 Å². The highest BCUT2D eigenvalue weighted by Gasteiger charge is 2.25. The minimum atomic E-state index is -0.514. The lowest BCUT2D eigenvalue weighted by Gasteiger charge is -2.30. The molecule has 2 N–H and O–H groups in total. The fraction of sp³-hybridized carbons (Fsp3) is 0.400. The molecule has 0 radical (unpaired) electrons. The molecule has 3 rings (SSSR count). The fourth-order valence-corrected chi connectivity index (χ4v) is 2.53. The van der Waals surface area contributed by atoms with Crippen molar-refractivity contribution in [3.05, 3.63) is 29.8 Å². The van der Waals surface area contributed by atoms with Crippen LogP contribution in [0, 0.1) is 5.82 Å². The standard InChI is InChI=1S/C15H18FN5O2/c1-9(22)18-12-7-10(3-4-11(12)16)15-19-14(20-23-15)13-8-17-5-6-21(13)2/h3-4,7,13,17H,5-6,8H2,1-2H3,(H,18,22). The van der Waals surface area contributed by atoms with E-state index in [4.69, 9.17) is 4.52 Å². The number of anilines is 1.